The fourth-order valence-corrected chi connectivity index (χ4v) is 1.99. The van der Waals surface area contributed by atoms with Crippen molar-refractivity contribution in [2.24, 2.45) is 5.73 Å². The number of nitrogens with two attached hydrogens (primary N) is 1. The van der Waals surface area contributed by atoms with Crippen LogP contribution in [0.2, 0.25) is 0 Å². The summed E-state index contributed by atoms with van der Waals surface area (Å²) in [6.07, 6.45) is 1.92. The molecule has 0 radical (unpaired) electrons. The summed E-state index contributed by atoms with van der Waals surface area (Å²) in [6, 6.07) is 0. The molecule has 2 rings (SSSR count). The Bertz CT molecular complexity index is 535. The van der Waals surface area contributed by atoms with Gasteiger partial charge in [-0.1, -0.05) is 0 Å². The standard InChI is InChI=1S/C11H13N3O5/c1-2-5-7(10(12)18)13-4-14(5)11-9(17)8(16)6(3-15)19-11/h1,4,6,8-9,11,15-17H,3H2,(H2,12,18)/t6-,8-,9-,11+/m1/s1. The number of rotatable bonds is 3. The minimum absolute atomic E-state index is 0.0438. The summed E-state index contributed by atoms with van der Waals surface area (Å²) >= 11 is 0. The van der Waals surface area contributed by atoms with Crippen LogP contribution in [0.5, 0.6) is 0 Å². The first kappa shape index (κ1) is 13.5. The summed E-state index contributed by atoms with van der Waals surface area (Å²) in [5.74, 6) is 1.43. The number of terminal acetylenes is 1. The molecule has 1 amide bonds. The Morgan fingerprint density at radius 3 is 2.74 bits per heavy atom. The Morgan fingerprint density at radius 2 is 2.26 bits per heavy atom. The Kier molecular flexibility index (Phi) is 3.55. The summed E-state index contributed by atoms with van der Waals surface area (Å²) < 4.78 is 6.51. The van der Waals surface area contributed by atoms with Crippen LogP contribution in [0.1, 0.15) is 22.4 Å². The van der Waals surface area contributed by atoms with Crippen molar-refractivity contribution in [3.63, 3.8) is 0 Å². The van der Waals surface area contributed by atoms with Gasteiger partial charge in [-0.2, -0.15) is 0 Å². The number of primary amides is 1. The minimum atomic E-state index is -1.31. The number of hydrogen-bond donors (Lipinski definition) is 4. The van der Waals surface area contributed by atoms with Crippen LogP contribution in [0.15, 0.2) is 6.33 Å². The fraction of sp³-hybridized carbons (Fsp3) is 0.455. The molecule has 0 saturated carbocycles. The van der Waals surface area contributed by atoms with Crippen LogP contribution >= 0.6 is 0 Å². The van der Waals surface area contributed by atoms with Gasteiger partial charge in [0.15, 0.2) is 11.9 Å². The first-order chi connectivity index (χ1) is 9.01. The van der Waals surface area contributed by atoms with Gasteiger partial charge < -0.3 is 25.8 Å². The van der Waals surface area contributed by atoms with E-state index in [2.05, 4.69) is 10.9 Å². The smallest absolute Gasteiger partial charge is 0.270 e. The summed E-state index contributed by atoms with van der Waals surface area (Å²) in [4.78, 5) is 14.9. The molecule has 1 saturated heterocycles. The van der Waals surface area contributed by atoms with Crippen LogP contribution in [-0.4, -0.2) is 55.7 Å². The van der Waals surface area contributed by atoms with E-state index < -0.39 is 37.1 Å². The van der Waals surface area contributed by atoms with Gasteiger partial charge in [0.2, 0.25) is 0 Å². The van der Waals surface area contributed by atoms with Gasteiger partial charge in [0.25, 0.3) is 5.91 Å². The summed E-state index contributed by atoms with van der Waals surface area (Å²) in [5, 5.41) is 28.5. The quantitative estimate of drug-likeness (QED) is 0.451. The molecule has 4 atom stereocenters. The molecule has 1 aromatic rings. The normalized spacial score (nSPS) is 30.2. The van der Waals surface area contributed by atoms with E-state index in [0.29, 0.717) is 0 Å². The van der Waals surface area contributed by atoms with Crippen molar-refractivity contribution in [2.45, 2.75) is 24.5 Å². The highest BCUT2D eigenvalue weighted by molar-refractivity contribution is 5.93. The Morgan fingerprint density at radius 1 is 1.58 bits per heavy atom. The monoisotopic (exact) mass is 267 g/mol. The maximum absolute atomic E-state index is 11.1. The molecule has 0 aromatic carbocycles. The molecule has 19 heavy (non-hydrogen) atoms. The number of amides is 1. The van der Waals surface area contributed by atoms with Gasteiger partial charge in [0.05, 0.1) is 12.9 Å². The van der Waals surface area contributed by atoms with Crippen molar-refractivity contribution in [1.82, 2.24) is 9.55 Å². The maximum Gasteiger partial charge on any atom is 0.270 e. The lowest BCUT2D eigenvalue weighted by molar-refractivity contribution is -0.0531. The van der Waals surface area contributed by atoms with Crippen LogP contribution in [-0.2, 0) is 4.74 Å². The molecule has 2 heterocycles. The number of imidazole rings is 1. The predicted molar refractivity (Wildman–Crippen MR) is 61.7 cm³/mol. The van der Waals surface area contributed by atoms with E-state index in [1.54, 1.807) is 0 Å². The third kappa shape index (κ3) is 2.09. The van der Waals surface area contributed by atoms with E-state index in [9.17, 15) is 15.0 Å². The average Bonchev–Trinajstić information content (AvgIpc) is 2.92. The molecule has 0 spiro atoms. The molecule has 5 N–H and O–H groups in total. The first-order valence-corrected chi connectivity index (χ1v) is 5.47. The average molecular weight is 267 g/mol. The lowest BCUT2D eigenvalue weighted by atomic mass is 10.1. The summed E-state index contributed by atoms with van der Waals surface area (Å²) in [5.41, 5.74) is 5.03. The van der Waals surface area contributed by atoms with Gasteiger partial charge in [-0.05, 0) is 5.92 Å². The van der Waals surface area contributed by atoms with E-state index in [0.717, 1.165) is 0 Å². The molecular weight excluding hydrogens is 254 g/mol. The van der Waals surface area contributed by atoms with Crippen molar-refractivity contribution in [2.75, 3.05) is 6.61 Å². The molecule has 1 aromatic heterocycles. The molecule has 8 heteroatoms. The van der Waals surface area contributed by atoms with Crippen LogP contribution in [0.25, 0.3) is 0 Å². The second kappa shape index (κ2) is 4.99. The highest BCUT2D eigenvalue weighted by Crippen LogP contribution is 2.30. The lowest BCUT2D eigenvalue weighted by Crippen LogP contribution is -2.33. The van der Waals surface area contributed by atoms with Crippen molar-refractivity contribution >= 4 is 5.91 Å². The largest absolute Gasteiger partial charge is 0.394 e. The fourth-order valence-electron chi connectivity index (χ4n) is 1.99. The van der Waals surface area contributed by atoms with Crippen molar-refractivity contribution < 1.29 is 24.9 Å². The van der Waals surface area contributed by atoms with Crippen LogP contribution in [0.4, 0.5) is 0 Å². The zero-order valence-corrected chi connectivity index (χ0v) is 9.80. The number of ether oxygens (including phenoxy) is 1. The summed E-state index contributed by atoms with van der Waals surface area (Å²) in [7, 11) is 0. The lowest BCUT2D eigenvalue weighted by Gasteiger charge is -2.17. The van der Waals surface area contributed by atoms with Gasteiger partial charge in [0, 0.05) is 0 Å². The van der Waals surface area contributed by atoms with Crippen LogP contribution < -0.4 is 5.73 Å². The number of aliphatic hydroxyl groups excluding tert-OH is 3. The molecule has 8 nitrogen and oxygen atoms in total. The van der Waals surface area contributed by atoms with E-state index in [-0.39, 0.29) is 11.4 Å². The van der Waals surface area contributed by atoms with Gasteiger partial charge in [-0.3, -0.25) is 9.36 Å². The third-order valence-electron chi connectivity index (χ3n) is 2.96. The number of aromatic nitrogens is 2. The number of carbonyl (C=O) groups excluding carboxylic acids is 1. The number of carbonyl (C=O) groups is 1. The van der Waals surface area contributed by atoms with E-state index in [4.69, 9.17) is 22.0 Å². The maximum atomic E-state index is 11.1. The Labute approximate surface area is 108 Å². The second-order valence-corrected chi connectivity index (χ2v) is 4.09. The molecule has 102 valence electrons. The zero-order valence-electron chi connectivity index (χ0n) is 9.80. The van der Waals surface area contributed by atoms with Gasteiger partial charge in [0.1, 0.15) is 24.0 Å². The molecule has 1 aliphatic rings. The van der Waals surface area contributed by atoms with Gasteiger partial charge in [-0.15, -0.1) is 6.42 Å². The zero-order chi connectivity index (χ0) is 14.2. The molecule has 0 unspecified atom stereocenters. The van der Waals surface area contributed by atoms with E-state index in [1.165, 1.54) is 10.9 Å². The highest BCUT2D eigenvalue weighted by atomic mass is 16.6. The van der Waals surface area contributed by atoms with Crippen molar-refractivity contribution in [3.8, 4) is 12.3 Å². The molecular formula is C11H13N3O5. The topological polar surface area (TPSA) is 131 Å². The Hall–Kier alpha value is -1.92. The Balaban J connectivity index is 2.39. The summed E-state index contributed by atoms with van der Waals surface area (Å²) in [6.45, 7) is -0.461. The number of hydrogen-bond acceptors (Lipinski definition) is 6. The van der Waals surface area contributed by atoms with Crippen LogP contribution in [0.3, 0.4) is 0 Å². The van der Waals surface area contributed by atoms with Crippen molar-refractivity contribution in [3.05, 3.63) is 17.7 Å². The van der Waals surface area contributed by atoms with Crippen molar-refractivity contribution in [1.29, 1.82) is 0 Å². The number of aliphatic hydroxyl groups is 3. The first-order valence-electron chi connectivity index (χ1n) is 5.47. The number of nitrogens with zero attached hydrogens (tertiary/aromatic N) is 2. The molecule has 1 aliphatic heterocycles. The molecule has 1 fully saturated rings. The highest BCUT2D eigenvalue weighted by Gasteiger charge is 2.44. The molecule has 0 bridgehead atoms. The molecule has 0 aliphatic carbocycles. The third-order valence-corrected chi connectivity index (χ3v) is 2.96. The van der Waals surface area contributed by atoms with Crippen LogP contribution in [0, 0.1) is 12.3 Å². The SMILES string of the molecule is C#Cc1c(C(N)=O)ncn1[C@H]1O[C@H](CO)[C@@H](O)[C@H]1O. The predicted octanol–water partition coefficient (Wildman–Crippen LogP) is -2.43. The van der Waals surface area contributed by atoms with Gasteiger partial charge in [-0.25, -0.2) is 4.98 Å². The van der Waals surface area contributed by atoms with Gasteiger partial charge >= 0.3 is 0 Å². The van der Waals surface area contributed by atoms with E-state index in [1.807, 2.05) is 0 Å². The second-order valence-electron chi connectivity index (χ2n) is 4.09. The van der Waals surface area contributed by atoms with E-state index >= 15 is 0 Å². The minimum Gasteiger partial charge on any atom is -0.394 e.